The van der Waals surface area contributed by atoms with Crippen LogP contribution in [0.5, 0.6) is 0 Å². The lowest BCUT2D eigenvalue weighted by Gasteiger charge is -2.18. The second kappa shape index (κ2) is 4.71. The van der Waals surface area contributed by atoms with E-state index in [1.165, 1.54) is 11.1 Å². The molecule has 8 heteroatoms. The van der Waals surface area contributed by atoms with E-state index < -0.39 is 9.84 Å². The van der Waals surface area contributed by atoms with Crippen LogP contribution in [0.15, 0.2) is 35.4 Å². The summed E-state index contributed by atoms with van der Waals surface area (Å²) in [4.78, 5) is 14.0. The molecule has 1 aliphatic heterocycles. The van der Waals surface area contributed by atoms with Crippen molar-refractivity contribution < 1.29 is 13.2 Å². The monoisotopic (exact) mass is 292 g/mol. The molecule has 20 heavy (non-hydrogen) atoms. The Kier molecular flexibility index (Phi) is 3.01. The number of sulfone groups is 1. The summed E-state index contributed by atoms with van der Waals surface area (Å²) in [6.07, 6.45) is 1.33. The number of nitrogens with one attached hydrogen (secondary N) is 1. The van der Waals surface area contributed by atoms with Gasteiger partial charge in [0.15, 0.2) is 15.5 Å². The molecule has 0 saturated carbocycles. The van der Waals surface area contributed by atoms with E-state index in [0.29, 0.717) is 10.5 Å². The van der Waals surface area contributed by atoms with Gasteiger partial charge in [-0.25, -0.2) is 8.42 Å². The molecule has 0 aliphatic carbocycles. The zero-order valence-corrected chi connectivity index (χ0v) is 11.3. The maximum Gasteiger partial charge on any atom is 0.276 e. The van der Waals surface area contributed by atoms with Gasteiger partial charge in [-0.15, -0.1) is 0 Å². The molecule has 1 aromatic carbocycles. The number of hydrogen-bond donors (Lipinski definition) is 1. The molecule has 104 valence electrons. The first-order valence-electron chi connectivity index (χ1n) is 6.03. The summed E-state index contributed by atoms with van der Waals surface area (Å²) in [5.74, 6) is -0.418. The number of carbonyl (C=O) groups is 1. The van der Waals surface area contributed by atoms with Gasteiger partial charge in [-0.1, -0.05) is 18.2 Å². The van der Waals surface area contributed by atoms with Crippen molar-refractivity contribution in [1.82, 2.24) is 20.3 Å². The van der Waals surface area contributed by atoms with Crippen LogP contribution in [0.2, 0.25) is 0 Å². The van der Waals surface area contributed by atoms with Crippen LogP contribution in [0.3, 0.4) is 0 Å². The van der Waals surface area contributed by atoms with Crippen LogP contribution in [-0.2, 0) is 16.4 Å². The van der Waals surface area contributed by atoms with E-state index in [0.717, 1.165) is 0 Å². The number of aromatic amines is 1. The third kappa shape index (κ3) is 2.18. The van der Waals surface area contributed by atoms with Gasteiger partial charge in [0.2, 0.25) is 0 Å². The molecule has 7 nitrogen and oxygen atoms in total. The minimum atomic E-state index is -3.35. The summed E-state index contributed by atoms with van der Waals surface area (Å²) < 4.78 is 24.4. The van der Waals surface area contributed by atoms with E-state index in [4.69, 9.17) is 0 Å². The highest BCUT2D eigenvalue weighted by Crippen LogP contribution is 2.23. The number of fused-ring (bicyclic) bond motifs is 1. The summed E-state index contributed by atoms with van der Waals surface area (Å²) in [5.41, 5.74) is 0.809. The molecular weight excluding hydrogens is 280 g/mol. The van der Waals surface area contributed by atoms with Gasteiger partial charge in [-0.3, -0.25) is 4.79 Å². The molecule has 1 N–H and O–H groups in total. The van der Waals surface area contributed by atoms with E-state index in [2.05, 4.69) is 15.4 Å². The molecule has 2 aromatic rings. The topological polar surface area (TPSA) is 96.0 Å². The Bertz CT molecular complexity index is 740. The lowest BCUT2D eigenvalue weighted by atomic mass is 10.2. The van der Waals surface area contributed by atoms with E-state index >= 15 is 0 Å². The van der Waals surface area contributed by atoms with Crippen LogP contribution in [0.4, 0.5) is 0 Å². The average Bonchev–Trinajstić information content (AvgIpc) is 2.93. The predicted molar refractivity (Wildman–Crippen MR) is 69.6 cm³/mol. The highest BCUT2D eigenvalue weighted by molar-refractivity contribution is 7.91. The first-order chi connectivity index (χ1) is 9.58. The molecule has 1 aromatic heterocycles. The van der Waals surface area contributed by atoms with Crippen molar-refractivity contribution in [3.63, 3.8) is 0 Å². The second-order valence-corrected chi connectivity index (χ2v) is 6.59. The number of aromatic nitrogens is 3. The summed E-state index contributed by atoms with van der Waals surface area (Å²) in [7, 11) is -3.35. The van der Waals surface area contributed by atoms with Crippen LogP contribution in [0, 0.1) is 0 Å². The summed E-state index contributed by atoms with van der Waals surface area (Å²) in [5, 5.41) is 9.71. The Balaban J connectivity index is 1.98. The van der Waals surface area contributed by atoms with Crippen molar-refractivity contribution in [3.8, 4) is 0 Å². The molecule has 0 unspecified atom stereocenters. The zero-order chi connectivity index (χ0) is 14.2. The highest BCUT2D eigenvalue weighted by Gasteiger charge is 2.28. The Morgan fingerprint density at radius 2 is 2.10 bits per heavy atom. The summed E-state index contributed by atoms with van der Waals surface area (Å²) in [6.45, 7) is 0.393. The van der Waals surface area contributed by atoms with Gasteiger partial charge in [0.05, 0.1) is 16.8 Å². The van der Waals surface area contributed by atoms with Crippen LogP contribution in [0.1, 0.15) is 16.1 Å². The van der Waals surface area contributed by atoms with Crippen molar-refractivity contribution in [3.05, 3.63) is 41.7 Å². The standard InChI is InChI=1S/C12H12N4O3S/c17-12(10-7-13-15-14-10)16-5-6-20(18,19)11-4-2-1-3-9(11)8-16/h1-4,7H,5-6,8H2,(H,13,14,15). The number of H-pyrrole nitrogens is 1. The van der Waals surface area contributed by atoms with Gasteiger partial charge >= 0.3 is 0 Å². The third-order valence-corrected chi connectivity index (χ3v) is 5.01. The fourth-order valence-corrected chi connectivity index (χ4v) is 3.70. The molecule has 0 radical (unpaired) electrons. The fraction of sp³-hybridized carbons (Fsp3) is 0.250. The number of amides is 1. The SMILES string of the molecule is O=C(c1cn[nH]n1)N1CCS(=O)(=O)c2ccccc2C1. The minimum absolute atomic E-state index is 0.0897. The Morgan fingerprint density at radius 1 is 1.30 bits per heavy atom. The smallest absolute Gasteiger partial charge is 0.276 e. The molecule has 0 spiro atoms. The normalized spacial score (nSPS) is 17.3. The maximum atomic E-state index is 12.2. The summed E-state index contributed by atoms with van der Waals surface area (Å²) in [6, 6.07) is 6.75. The average molecular weight is 292 g/mol. The van der Waals surface area contributed by atoms with Crippen LogP contribution in [0.25, 0.3) is 0 Å². The van der Waals surface area contributed by atoms with Gasteiger partial charge in [0.1, 0.15) is 0 Å². The number of nitrogens with zero attached hydrogens (tertiary/aromatic N) is 3. The number of benzene rings is 1. The maximum absolute atomic E-state index is 12.2. The first kappa shape index (κ1) is 12.8. The number of carbonyl (C=O) groups excluding carboxylic acids is 1. The second-order valence-electron chi connectivity index (χ2n) is 4.51. The lowest BCUT2D eigenvalue weighted by molar-refractivity contribution is 0.0748. The molecule has 0 fully saturated rings. The van der Waals surface area contributed by atoms with E-state index in [1.54, 1.807) is 24.3 Å². The zero-order valence-electron chi connectivity index (χ0n) is 10.5. The van der Waals surface area contributed by atoms with E-state index in [-0.39, 0.29) is 30.4 Å². The molecule has 0 bridgehead atoms. The molecule has 0 saturated heterocycles. The molecule has 3 rings (SSSR count). The predicted octanol–water partition coefficient (Wildman–Crippen LogP) is 0.234. The molecule has 1 aliphatic rings. The quantitative estimate of drug-likeness (QED) is 0.812. The highest BCUT2D eigenvalue weighted by atomic mass is 32.2. The molecule has 2 heterocycles. The Hall–Kier alpha value is -2.22. The molecular formula is C12H12N4O3S. The number of hydrogen-bond acceptors (Lipinski definition) is 5. The first-order valence-corrected chi connectivity index (χ1v) is 7.69. The Labute approximate surface area is 115 Å². The van der Waals surface area contributed by atoms with Crippen LogP contribution >= 0.6 is 0 Å². The van der Waals surface area contributed by atoms with Crippen LogP contribution < -0.4 is 0 Å². The minimum Gasteiger partial charge on any atom is -0.332 e. The number of rotatable bonds is 1. The largest absolute Gasteiger partial charge is 0.332 e. The summed E-state index contributed by atoms with van der Waals surface area (Å²) >= 11 is 0. The fourth-order valence-electron chi connectivity index (χ4n) is 2.20. The van der Waals surface area contributed by atoms with Crippen molar-refractivity contribution in [2.45, 2.75) is 11.4 Å². The van der Waals surface area contributed by atoms with Crippen molar-refractivity contribution in [2.24, 2.45) is 0 Å². The lowest BCUT2D eigenvalue weighted by Crippen LogP contribution is -2.32. The van der Waals surface area contributed by atoms with Crippen LogP contribution in [-0.4, -0.2) is 46.9 Å². The van der Waals surface area contributed by atoms with Crippen molar-refractivity contribution in [1.29, 1.82) is 0 Å². The van der Waals surface area contributed by atoms with E-state index in [1.807, 2.05) is 0 Å². The van der Waals surface area contributed by atoms with Gasteiger partial charge in [-0.05, 0) is 11.6 Å². The van der Waals surface area contributed by atoms with Crippen molar-refractivity contribution in [2.75, 3.05) is 12.3 Å². The van der Waals surface area contributed by atoms with Gasteiger partial charge in [0.25, 0.3) is 5.91 Å². The van der Waals surface area contributed by atoms with E-state index in [9.17, 15) is 13.2 Å². The van der Waals surface area contributed by atoms with Gasteiger partial charge in [-0.2, -0.15) is 15.4 Å². The Morgan fingerprint density at radius 3 is 2.85 bits per heavy atom. The third-order valence-electron chi connectivity index (χ3n) is 3.22. The molecule has 0 atom stereocenters. The molecule has 1 amide bonds. The van der Waals surface area contributed by atoms with Gasteiger partial charge < -0.3 is 4.90 Å². The van der Waals surface area contributed by atoms with Gasteiger partial charge in [0, 0.05) is 13.1 Å². The van der Waals surface area contributed by atoms with Crippen molar-refractivity contribution >= 4 is 15.7 Å².